The van der Waals surface area contributed by atoms with Crippen molar-refractivity contribution in [3.8, 4) is 0 Å². The molecule has 0 heterocycles. The van der Waals surface area contributed by atoms with Gasteiger partial charge in [-0.1, -0.05) is 19.1 Å². The van der Waals surface area contributed by atoms with Crippen LogP contribution < -0.4 is 0 Å². The number of hydrogen-bond acceptors (Lipinski definition) is 4. The van der Waals surface area contributed by atoms with E-state index in [1.165, 1.54) is 25.1 Å². The van der Waals surface area contributed by atoms with Gasteiger partial charge in [-0.25, -0.2) is 4.79 Å². The fourth-order valence-corrected chi connectivity index (χ4v) is 1.40. The summed E-state index contributed by atoms with van der Waals surface area (Å²) in [6.45, 7) is 1.42. The topological polar surface area (TPSA) is 97.5 Å². The van der Waals surface area contributed by atoms with E-state index < -0.39 is 16.8 Å². The number of hydrogen-bond donors (Lipinski definition) is 1. The molecular weight excluding hydrogens is 238 g/mol. The summed E-state index contributed by atoms with van der Waals surface area (Å²) in [5, 5.41) is 19.7. The van der Waals surface area contributed by atoms with E-state index >= 15 is 0 Å². The standard InChI is InChI=1S/C12H11NO5/c1-8(7-14)10(12(15)16)6-9-4-2-3-5-11(9)13(17)18/h2-8H,1H3,(H,15,16). The number of rotatable bonds is 5. The van der Waals surface area contributed by atoms with Crippen LogP contribution in [-0.2, 0) is 9.59 Å². The van der Waals surface area contributed by atoms with Crippen LogP contribution in [0.4, 0.5) is 5.69 Å². The molecule has 0 aliphatic carbocycles. The Kier molecular flexibility index (Phi) is 4.31. The number of carboxylic acid groups (broad SMARTS) is 1. The number of carbonyl (C=O) groups excluding carboxylic acids is 1. The first-order chi connectivity index (χ1) is 8.47. The summed E-state index contributed by atoms with van der Waals surface area (Å²) >= 11 is 0. The molecule has 6 nitrogen and oxygen atoms in total. The zero-order valence-electron chi connectivity index (χ0n) is 9.57. The Morgan fingerprint density at radius 3 is 2.56 bits per heavy atom. The molecule has 6 heteroatoms. The van der Waals surface area contributed by atoms with E-state index in [0.29, 0.717) is 6.29 Å². The van der Waals surface area contributed by atoms with Gasteiger partial charge in [0.15, 0.2) is 0 Å². The highest BCUT2D eigenvalue weighted by Gasteiger charge is 2.18. The Balaban J connectivity index is 3.32. The van der Waals surface area contributed by atoms with Gasteiger partial charge in [-0.3, -0.25) is 10.1 Å². The number of aliphatic carboxylic acids is 1. The number of nitro groups is 1. The Morgan fingerprint density at radius 1 is 1.44 bits per heavy atom. The van der Waals surface area contributed by atoms with Gasteiger partial charge in [0.25, 0.3) is 5.69 Å². The molecule has 94 valence electrons. The van der Waals surface area contributed by atoms with Crippen LogP contribution in [0.5, 0.6) is 0 Å². The van der Waals surface area contributed by atoms with Crippen LogP contribution in [0.3, 0.4) is 0 Å². The predicted molar refractivity (Wildman–Crippen MR) is 63.9 cm³/mol. The van der Waals surface area contributed by atoms with Gasteiger partial charge < -0.3 is 9.90 Å². The van der Waals surface area contributed by atoms with Crippen molar-refractivity contribution < 1.29 is 19.6 Å². The molecule has 1 atom stereocenters. The summed E-state index contributed by atoms with van der Waals surface area (Å²) in [6.07, 6.45) is 1.63. The highest BCUT2D eigenvalue weighted by Crippen LogP contribution is 2.22. The number of nitrogens with zero attached hydrogens (tertiary/aromatic N) is 1. The maximum absolute atomic E-state index is 11.0. The van der Waals surface area contributed by atoms with Gasteiger partial charge in [0.1, 0.15) is 6.29 Å². The molecule has 0 aliphatic rings. The van der Waals surface area contributed by atoms with Crippen LogP contribution >= 0.6 is 0 Å². The molecule has 0 fully saturated rings. The third kappa shape index (κ3) is 3.00. The smallest absolute Gasteiger partial charge is 0.332 e. The normalized spacial score (nSPS) is 12.8. The summed E-state index contributed by atoms with van der Waals surface area (Å²) < 4.78 is 0. The highest BCUT2D eigenvalue weighted by molar-refractivity contribution is 5.96. The number of carboxylic acids is 1. The summed E-state index contributed by atoms with van der Waals surface area (Å²) in [6, 6.07) is 5.75. The van der Waals surface area contributed by atoms with Gasteiger partial charge in [0, 0.05) is 17.6 Å². The summed E-state index contributed by atoms with van der Waals surface area (Å²) in [4.78, 5) is 31.8. The summed E-state index contributed by atoms with van der Waals surface area (Å²) in [5.41, 5.74) is -0.220. The number of nitro benzene ring substituents is 1. The van der Waals surface area contributed by atoms with Crippen molar-refractivity contribution in [1.82, 2.24) is 0 Å². The molecule has 0 radical (unpaired) electrons. The SMILES string of the molecule is CC(C=O)C(=Cc1ccccc1[N+](=O)[O-])C(=O)O. The number of para-hydroxylation sites is 1. The molecule has 1 unspecified atom stereocenters. The molecule has 1 rings (SSSR count). The summed E-state index contributed by atoms with van der Waals surface area (Å²) in [5.74, 6) is -2.10. The van der Waals surface area contributed by atoms with Crippen LogP contribution in [0, 0.1) is 16.0 Å². The van der Waals surface area contributed by atoms with Gasteiger partial charge >= 0.3 is 5.97 Å². The van der Waals surface area contributed by atoms with Crippen LogP contribution in [-0.4, -0.2) is 22.3 Å². The largest absolute Gasteiger partial charge is 0.478 e. The predicted octanol–water partition coefficient (Wildman–Crippen LogP) is 1.90. The third-order valence-corrected chi connectivity index (χ3v) is 2.39. The lowest BCUT2D eigenvalue weighted by Crippen LogP contribution is -2.10. The minimum absolute atomic E-state index is 0.161. The second-order valence-corrected chi connectivity index (χ2v) is 3.65. The average molecular weight is 249 g/mol. The first-order valence-corrected chi connectivity index (χ1v) is 5.11. The second kappa shape index (κ2) is 5.72. The van der Waals surface area contributed by atoms with E-state index in [4.69, 9.17) is 5.11 Å². The van der Waals surface area contributed by atoms with Gasteiger partial charge in [0.05, 0.1) is 10.5 Å². The van der Waals surface area contributed by atoms with Crippen molar-refractivity contribution in [2.75, 3.05) is 0 Å². The van der Waals surface area contributed by atoms with Crippen molar-refractivity contribution in [2.45, 2.75) is 6.92 Å². The molecule has 0 amide bonds. The number of carbonyl (C=O) groups is 2. The fourth-order valence-electron chi connectivity index (χ4n) is 1.40. The van der Waals surface area contributed by atoms with Crippen molar-refractivity contribution in [2.24, 2.45) is 5.92 Å². The van der Waals surface area contributed by atoms with E-state index in [9.17, 15) is 19.7 Å². The zero-order chi connectivity index (χ0) is 13.7. The lowest BCUT2D eigenvalue weighted by molar-refractivity contribution is -0.385. The van der Waals surface area contributed by atoms with Crippen LogP contribution in [0.25, 0.3) is 6.08 Å². The minimum Gasteiger partial charge on any atom is -0.478 e. The minimum atomic E-state index is -1.27. The molecule has 1 aromatic rings. The molecule has 0 saturated carbocycles. The zero-order valence-corrected chi connectivity index (χ0v) is 9.57. The van der Waals surface area contributed by atoms with Crippen molar-refractivity contribution >= 4 is 24.0 Å². The van der Waals surface area contributed by atoms with Crippen molar-refractivity contribution in [3.63, 3.8) is 0 Å². The molecule has 0 bridgehead atoms. The molecule has 1 aromatic carbocycles. The molecule has 0 aliphatic heterocycles. The molecular formula is C12H11NO5. The Bertz CT molecular complexity index is 521. The van der Waals surface area contributed by atoms with Crippen LogP contribution in [0.1, 0.15) is 12.5 Å². The quantitative estimate of drug-likeness (QED) is 0.372. The van der Waals surface area contributed by atoms with Gasteiger partial charge in [-0.15, -0.1) is 0 Å². The molecule has 1 N–H and O–H groups in total. The Hall–Kier alpha value is -2.50. The Labute approximate surface area is 103 Å². The number of benzene rings is 1. The summed E-state index contributed by atoms with van der Waals surface area (Å²) in [7, 11) is 0. The lowest BCUT2D eigenvalue weighted by atomic mass is 9.99. The van der Waals surface area contributed by atoms with Crippen LogP contribution in [0.2, 0.25) is 0 Å². The van der Waals surface area contributed by atoms with E-state index in [-0.39, 0.29) is 16.8 Å². The van der Waals surface area contributed by atoms with Gasteiger partial charge in [-0.2, -0.15) is 0 Å². The van der Waals surface area contributed by atoms with Gasteiger partial charge in [-0.05, 0) is 12.1 Å². The lowest BCUT2D eigenvalue weighted by Gasteiger charge is -2.05. The van der Waals surface area contributed by atoms with Crippen LogP contribution in [0.15, 0.2) is 29.8 Å². The molecule has 18 heavy (non-hydrogen) atoms. The monoisotopic (exact) mass is 249 g/mol. The molecule has 0 saturated heterocycles. The maximum atomic E-state index is 11.0. The average Bonchev–Trinajstić information content (AvgIpc) is 2.34. The first-order valence-electron chi connectivity index (χ1n) is 5.11. The molecule has 0 aromatic heterocycles. The van der Waals surface area contributed by atoms with Gasteiger partial charge in [0.2, 0.25) is 0 Å². The Morgan fingerprint density at radius 2 is 2.06 bits per heavy atom. The van der Waals surface area contributed by atoms with E-state index in [2.05, 4.69) is 0 Å². The maximum Gasteiger partial charge on any atom is 0.332 e. The number of aldehydes is 1. The second-order valence-electron chi connectivity index (χ2n) is 3.65. The van der Waals surface area contributed by atoms with E-state index in [1.807, 2.05) is 0 Å². The first kappa shape index (κ1) is 13.6. The highest BCUT2D eigenvalue weighted by atomic mass is 16.6. The molecule has 0 spiro atoms. The fraction of sp³-hybridized carbons (Fsp3) is 0.167. The van der Waals surface area contributed by atoms with Crippen molar-refractivity contribution in [1.29, 1.82) is 0 Å². The van der Waals surface area contributed by atoms with E-state index in [0.717, 1.165) is 6.08 Å². The third-order valence-electron chi connectivity index (χ3n) is 2.39. The van der Waals surface area contributed by atoms with E-state index in [1.54, 1.807) is 6.07 Å². The van der Waals surface area contributed by atoms with Crippen molar-refractivity contribution in [3.05, 3.63) is 45.5 Å².